The Bertz CT molecular complexity index is 915. The number of amides is 1. The monoisotopic (exact) mass is 352 g/mol. The van der Waals surface area contributed by atoms with E-state index < -0.39 is 0 Å². The van der Waals surface area contributed by atoms with Gasteiger partial charge >= 0.3 is 0 Å². The third-order valence-corrected chi connectivity index (χ3v) is 5.50. The second kappa shape index (κ2) is 6.80. The van der Waals surface area contributed by atoms with Gasteiger partial charge in [0, 0.05) is 48.3 Å². The van der Waals surface area contributed by atoms with Gasteiger partial charge in [0.1, 0.15) is 5.69 Å². The van der Waals surface area contributed by atoms with Crippen molar-refractivity contribution in [2.75, 3.05) is 18.4 Å². The molecule has 128 valence electrons. The van der Waals surface area contributed by atoms with Crippen molar-refractivity contribution < 1.29 is 4.79 Å². The van der Waals surface area contributed by atoms with Crippen molar-refractivity contribution in [2.45, 2.75) is 26.3 Å². The Morgan fingerprint density at radius 2 is 2.12 bits per heavy atom. The molecule has 6 heteroatoms. The maximum absolute atomic E-state index is 12.7. The van der Waals surface area contributed by atoms with Crippen molar-refractivity contribution in [3.05, 3.63) is 53.6 Å². The predicted octanol–water partition coefficient (Wildman–Crippen LogP) is 3.85. The number of hydrogen-bond acceptors (Lipinski definition) is 5. The number of carbonyl (C=O) groups excluding carboxylic acids is 1. The van der Waals surface area contributed by atoms with Gasteiger partial charge in [0.25, 0.3) is 5.91 Å². The zero-order chi connectivity index (χ0) is 17.2. The summed E-state index contributed by atoms with van der Waals surface area (Å²) in [7, 11) is 0. The number of likely N-dealkylation sites (tertiary alicyclic amines) is 1. The number of pyridine rings is 2. The lowest BCUT2D eigenvalue weighted by atomic mass is 10.2. The average Bonchev–Trinajstić information content (AvgIpc) is 3.28. The summed E-state index contributed by atoms with van der Waals surface area (Å²) in [5, 5.41) is 5.42. The molecule has 0 spiro atoms. The van der Waals surface area contributed by atoms with Gasteiger partial charge in [-0.15, -0.1) is 11.3 Å². The first-order valence-corrected chi connectivity index (χ1v) is 9.34. The lowest BCUT2D eigenvalue weighted by Crippen LogP contribution is -2.28. The van der Waals surface area contributed by atoms with Crippen LogP contribution in [0.5, 0.6) is 0 Å². The molecule has 0 saturated carbocycles. The quantitative estimate of drug-likeness (QED) is 0.775. The first-order valence-electron chi connectivity index (χ1n) is 8.53. The number of fused-ring (bicyclic) bond motifs is 1. The maximum Gasteiger partial charge on any atom is 0.273 e. The lowest BCUT2D eigenvalue weighted by molar-refractivity contribution is 0.0789. The zero-order valence-corrected chi connectivity index (χ0v) is 15.0. The van der Waals surface area contributed by atoms with Crippen molar-refractivity contribution in [2.24, 2.45) is 0 Å². The molecule has 0 aromatic carbocycles. The fourth-order valence-corrected chi connectivity index (χ4v) is 4.15. The van der Waals surface area contributed by atoms with Crippen LogP contribution in [-0.2, 0) is 6.54 Å². The Kier molecular flexibility index (Phi) is 4.36. The van der Waals surface area contributed by atoms with Crippen LogP contribution in [-0.4, -0.2) is 33.9 Å². The highest BCUT2D eigenvalue weighted by atomic mass is 32.1. The fourth-order valence-electron chi connectivity index (χ4n) is 3.19. The lowest BCUT2D eigenvalue weighted by Gasteiger charge is -2.14. The first-order chi connectivity index (χ1) is 12.2. The summed E-state index contributed by atoms with van der Waals surface area (Å²) < 4.78 is 1.09. The third kappa shape index (κ3) is 3.35. The minimum Gasteiger partial charge on any atom is -0.373 e. The molecule has 4 rings (SSSR count). The van der Waals surface area contributed by atoms with Crippen LogP contribution in [0.15, 0.2) is 36.8 Å². The molecule has 1 aliphatic heterocycles. The Balaban J connectivity index is 1.57. The van der Waals surface area contributed by atoms with Crippen LogP contribution in [0, 0.1) is 6.92 Å². The van der Waals surface area contributed by atoms with E-state index in [1.54, 1.807) is 17.5 Å². The minimum atomic E-state index is 0.0512. The maximum atomic E-state index is 12.7. The van der Waals surface area contributed by atoms with Gasteiger partial charge in [-0.3, -0.25) is 14.8 Å². The SMILES string of the molecule is Cc1cncc(CNc2cc3c(C(=O)N4CCCC4)nccc3s2)c1. The number of hydrogen-bond donors (Lipinski definition) is 1. The topological polar surface area (TPSA) is 58.1 Å². The van der Waals surface area contributed by atoms with Crippen molar-refractivity contribution in [1.82, 2.24) is 14.9 Å². The molecule has 0 radical (unpaired) electrons. The van der Waals surface area contributed by atoms with Crippen LogP contribution in [0.4, 0.5) is 5.00 Å². The van der Waals surface area contributed by atoms with E-state index >= 15 is 0 Å². The molecule has 1 aliphatic rings. The minimum absolute atomic E-state index is 0.0512. The molecule has 25 heavy (non-hydrogen) atoms. The molecule has 4 heterocycles. The Morgan fingerprint density at radius 1 is 1.28 bits per heavy atom. The number of thiophene rings is 1. The molecule has 3 aromatic rings. The Morgan fingerprint density at radius 3 is 2.92 bits per heavy atom. The molecular formula is C19H20N4OS. The number of aromatic nitrogens is 2. The molecule has 1 N–H and O–H groups in total. The van der Waals surface area contributed by atoms with Crippen molar-refractivity contribution in [3.8, 4) is 0 Å². The molecule has 0 aliphatic carbocycles. The summed E-state index contributed by atoms with van der Waals surface area (Å²) in [5.74, 6) is 0.0512. The van der Waals surface area contributed by atoms with Crippen LogP contribution >= 0.6 is 11.3 Å². The summed E-state index contributed by atoms with van der Waals surface area (Å²) in [6.07, 6.45) is 7.63. The van der Waals surface area contributed by atoms with Crippen LogP contribution in [0.1, 0.15) is 34.5 Å². The van der Waals surface area contributed by atoms with Crippen molar-refractivity contribution in [1.29, 1.82) is 0 Å². The molecular weight excluding hydrogens is 332 g/mol. The average molecular weight is 352 g/mol. The summed E-state index contributed by atoms with van der Waals surface area (Å²) in [6, 6.07) is 6.14. The molecule has 1 saturated heterocycles. The normalized spacial score (nSPS) is 14.2. The van der Waals surface area contributed by atoms with E-state index in [1.807, 2.05) is 36.4 Å². The molecule has 3 aromatic heterocycles. The summed E-state index contributed by atoms with van der Waals surface area (Å²) in [5.41, 5.74) is 2.86. The van der Waals surface area contributed by atoms with E-state index in [2.05, 4.69) is 21.4 Å². The van der Waals surface area contributed by atoms with E-state index in [-0.39, 0.29) is 5.91 Å². The van der Waals surface area contributed by atoms with Gasteiger partial charge in [0.05, 0.1) is 5.00 Å². The largest absolute Gasteiger partial charge is 0.373 e. The van der Waals surface area contributed by atoms with Gasteiger partial charge < -0.3 is 10.2 Å². The Hall–Kier alpha value is -2.47. The molecule has 0 bridgehead atoms. The fraction of sp³-hybridized carbons (Fsp3) is 0.316. The van der Waals surface area contributed by atoms with Crippen molar-refractivity contribution >= 4 is 32.3 Å². The molecule has 0 unspecified atom stereocenters. The standard InChI is InChI=1S/C19H20N4OS/c1-13-8-14(11-20-10-13)12-22-17-9-15-16(25-17)4-5-21-18(15)19(24)23-6-2-3-7-23/h4-5,8-11,22H,2-3,6-7,12H2,1H3. The highest BCUT2D eigenvalue weighted by Gasteiger charge is 2.23. The number of anilines is 1. The number of aryl methyl sites for hydroxylation is 1. The molecule has 0 atom stereocenters. The molecule has 1 amide bonds. The number of carbonyl (C=O) groups is 1. The zero-order valence-electron chi connectivity index (χ0n) is 14.2. The molecule has 5 nitrogen and oxygen atoms in total. The van der Waals surface area contributed by atoms with Crippen molar-refractivity contribution in [3.63, 3.8) is 0 Å². The van der Waals surface area contributed by atoms with Crippen LogP contribution in [0.25, 0.3) is 10.1 Å². The smallest absolute Gasteiger partial charge is 0.273 e. The third-order valence-electron chi connectivity index (χ3n) is 4.44. The van der Waals surface area contributed by atoms with Gasteiger partial charge in [0.2, 0.25) is 0 Å². The molecule has 1 fully saturated rings. The number of nitrogens with zero attached hydrogens (tertiary/aromatic N) is 3. The van der Waals surface area contributed by atoms with E-state index in [9.17, 15) is 4.79 Å². The van der Waals surface area contributed by atoms with E-state index in [1.165, 1.54) is 0 Å². The van der Waals surface area contributed by atoms with E-state index in [0.717, 1.165) is 52.1 Å². The van der Waals surface area contributed by atoms with E-state index in [4.69, 9.17) is 0 Å². The number of nitrogens with one attached hydrogen (secondary N) is 1. The second-order valence-electron chi connectivity index (χ2n) is 6.41. The highest BCUT2D eigenvalue weighted by molar-refractivity contribution is 7.22. The summed E-state index contributed by atoms with van der Waals surface area (Å²) >= 11 is 1.65. The van der Waals surface area contributed by atoms with Crippen LogP contribution in [0.2, 0.25) is 0 Å². The Labute approximate surface area is 150 Å². The van der Waals surface area contributed by atoms with Gasteiger partial charge in [0.15, 0.2) is 0 Å². The summed E-state index contributed by atoms with van der Waals surface area (Å²) in [6.45, 7) is 4.43. The van der Waals surface area contributed by atoms with Crippen LogP contribution < -0.4 is 5.32 Å². The first kappa shape index (κ1) is 16.0. The van der Waals surface area contributed by atoms with E-state index in [0.29, 0.717) is 12.2 Å². The van der Waals surface area contributed by atoms with Gasteiger partial charge in [-0.2, -0.15) is 0 Å². The predicted molar refractivity (Wildman–Crippen MR) is 101 cm³/mol. The van der Waals surface area contributed by atoms with Gasteiger partial charge in [-0.25, -0.2) is 0 Å². The number of rotatable bonds is 4. The van der Waals surface area contributed by atoms with Gasteiger partial charge in [-0.05, 0) is 43.0 Å². The van der Waals surface area contributed by atoms with Gasteiger partial charge in [-0.1, -0.05) is 6.07 Å². The van der Waals surface area contributed by atoms with Crippen LogP contribution in [0.3, 0.4) is 0 Å². The summed E-state index contributed by atoms with van der Waals surface area (Å²) in [4.78, 5) is 23.2. The second-order valence-corrected chi connectivity index (χ2v) is 7.49. The highest BCUT2D eigenvalue weighted by Crippen LogP contribution is 2.32.